The van der Waals surface area contributed by atoms with Gasteiger partial charge in [0.15, 0.2) is 5.78 Å². The van der Waals surface area contributed by atoms with Crippen molar-refractivity contribution in [2.75, 3.05) is 31.3 Å². The van der Waals surface area contributed by atoms with Gasteiger partial charge in [-0.1, -0.05) is 18.2 Å². The highest BCUT2D eigenvalue weighted by molar-refractivity contribution is 5.96. The smallest absolute Gasteiger partial charge is 0.325 e. The summed E-state index contributed by atoms with van der Waals surface area (Å²) in [6.07, 6.45) is 0. The van der Waals surface area contributed by atoms with Gasteiger partial charge in [0.05, 0.1) is 12.0 Å². The Bertz CT molecular complexity index is 848. The van der Waals surface area contributed by atoms with Gasteiger partial charge in [-0.25, -0.2) is 0 Å². The molecule has 0 spiro atoms. The SMILES string of the molecule is CC(=O)c1cccc([N+](=O)[O-])c1C.COC(=O)CN(C)c1cccc(N)c1C. The molecule has 0 bridgehead atoms. The molecule has 0 atom stereocenters. The molecular formula is C20H25N3O5. The number of benzene rings is 2. The van der Waals surface area contributed by atoms with E-state index >= 15 is 0 Å². The van der Waals surface area contributed by atoms with Crippen molar-refractivity contribution in [2.24, 2.45) is 0 Å². The summed E-state index contributed by atoms with van der Waals surface area (Å²) in [5.74, 6) is -0.416. The number of nitro benzene ring substituents is 1. The molecule has 0 aliphatic rings. The van der Waals surface area contributed by atoms with Crippen LogP contribution in [0.5, 0.6) is 0 Å². The van der Waals surface area contributed by atoms with E-state index in [0.717, 1.165) is 16.9 Å². The summed E-state index contributed by atoms with van der Waals surface area (Å²) in [6.45, 7) is 5.13. The maximum Gasteiger partial charge on any atom is 0.325 e. The lowest BCUT2D eigenvalue weighted by Crippen LogP contribution is -2.27. The Hall–Kier alpha value is -3.42. The van der Waals surface area contributed by atoms with Crippen molar-refractivity contribution in [3.63, 3.8) is 0 Å². The van der Waals surface area contributed by atoms with Gasteiger partial charge in [-0.15, -0.1) is 0 Å². The Morgan fingerprint density at radius 1 is 1.14 bits per heavy atom. The van der Waals surface area contributed by atoms with Gasteiger partial charge in [-0.2, -0.15) is 0 Å². The first-order valence-electron chi connectivity index (χ1n) is 8.48. The van der Waals surface area contributed by atoms with Gasteiger partial charge in [-0.3, -0.25) is 19.7 Å². The highest BCUT2D eigenvalue weighted by Crippen LogP contribution is 2.23. The minimum atomic E-state index is -0.484. The fourth-order valence-corrected chi connectivity index (χ4v) is 2.60. The Kier molecular flexibility index (Phi) is 8.12. The first-order valence-corrected chi connectivity index (χ1v) is 8.48. The molecule has 0 aliphatic carbocycles. The first kappa shape index (κ1) is 22.6. The normalized spacial score (nSPS) is 9.75. The van der Waals surface area contributed by atoms with Crippen molar-refractivity contribution in [1.29, 1.82) is 0 Å². The van der Waals surface area contributed by atoms with Crippen LogP contribution < -0.4 is 10.6 Å². The van der Waals surface area contributed by atoms with Crippen LogP contribution in [0.2, 0.25) is 0 Å². The molecule has 8 nitrogen and oxygen atoms in total. The molecule has 0 saturated carbocycles. The van der Waals surface area contributed by atoms with E-state index in [9.17, 15) is 19.7 Å². The summed E-state index contributed by atoms with van der Waals surface area (Å²) in [4.78, 5) is 33.9. The van der Waals surface area contributed by atoms with Crippen LogP contribution in [0.3, 0.4) is 0 Å². The molecule has 0 fully saturated rings. The van der Waals surface area contributed by atoms with Crippen LogP contribution in [0, 0.1) is 24.0 Å². The van der Waals surface area contributed by atoms with Crippen LogP contribution in [0.1, 0.15) is 28.4 Å². The van der Waals surface area contributed by atoms with Crippen LogP contribution in [-0.2, 0) is 9.53 Å². The van der Waals surface area contributed by atoms with Crippen LogP contribution in [0.4, 0.5) is 17.1 Å². The molecule has 0 heterocycles. The zero-order valence-corrected chi connectivity index (χ0v) is 16.7. The molecule has 2 aromatic rings. The second-order valence-electron chi connectivity index (χ2n) is 6.19. The number of methoxy groups -OCH3 is 1. The maximum atomic E-state index is 11.1. The minimum absolute atomic E-state index is 0.00676. The van der Waals surface area contributed by atoms with Crippen LogP contribution in [-0.4, -0.2) is 37.4 Å². The van der Waals surface area contributed by atoms with Gasteiger partial charge in [0, 0.05) is 35.6 Å². The lowest BCUT2D eigenvalue weighted by atomic mass is 10.0. The fourth-order valence-electron chi connectivity index (χ4n) is 2.60. The molecule has 0 aliphatic heterocycles. The van der Waals surface area contributed by atoms with Gasteiger partial charge >= 0.3 is 5.97 Å². The molecule has 0 aromatic heterocycles. The van der Waals surface area contributed by atoms with Gasteiger partial charge in [0.25, 0.3) is 5.69 Å². The number of nitrogen functional groups attached to an aromatic ring is 1. The number of anilines is 2. The second-order valence-corrected chi connectivity index (χ2v) is 6.19. The number of hydrogen-bond donors (Lipinski definition) is 1. The number of Topliss-reactive ketones (excluding diaryl/α,β-unsaturated/α-hetero) is 1. The number of carbonyl (C=O) groups excluding carboxylic acids is 2. The zero-order valence-electron chi connectivity index (χ0n) is 16.7. The predicted octanol–water partition coefficient (Wildman–Crippen LogP) is 3.29. The van der Waals surface area contributed by atoms with E-state index in [4.69, 9.17) is 5.73 Å². The van der Waals surface area contributed by atoms with Crippen molar-refractivity contribution in [3.8, 4) is 0 Å². The molecular weight excluding hydrogens is 362 g/mol. The molecule has 8 heteroatoms. The molecule has 2 aromatic carbocycles. The molecule has 0 amide bonds. The maximum absolute atomic E-state index is 11.1. The van der Waals surface area contributed by atoms with E-state index in [0.29, 0.717) is 11.1 Å². The average molecular weight is 387 g/mol. The summed E-state index contributed by atoms with van der Waals surface area (Å²) < 4.78 is 4.60. The summed E-state index contributed by atoms with van der Waals surface area (Å²) in [5, 5.41) is 10.5. The van der Waals surface area contributed by atoms with E-state index < -0.39 is 4.92 Å². The standard InChI is InChI=1S/C11H16N2O2.C9H9NO3/c1-8-9(12)5-4-6-10(8)13(2)7-11(14)15-3;1-6-8(7(2)11)4-3-5-9(6)10(12)13/h4-6H,7,12H2,1-3H3;3-5H,1-2H3. The third-order valence-corrected chi connectivity index (χ3v) is 4.23. The molecule has 0 unspecified atom stereocenters. The van der Waals surface area contributed by atoms with E-state index in [1.54, 1.807) is 13.0 Å². The van der Waals surface area contributed by atoms with Gasteiger partial charge in [-0.05, 0) is 38.5 Å². The van der Waals surface area contributed by atoms with Crippen molar-refractivity contribution >= 4 is 28.8 Å². The van der Waals surface area contributed by atoms with Crippen LogP contribution >= 0.6 is 0 Å². The zero-order chi connectivity index (χ0) is 21.4. The quantitative estimate of drug-likeness (QED) is 0.275. The molecule has 28 heavy (non-hydrogen) atoms. The third kappa shape index (κ3) is 5.80. The van der Waals surface area contributed by atoms with Crippen LogP contribution in [0.15, 0.2) is 36.4 Å². The second kappa shape index (κ2) is 10.1. The third-order valence-electron chi connectivity index (χ3n) is 4.23. The lowest BCUT2D eigenvalue weighted by molar-refractivity contribution is -0.385. The molecule has 2 rings (SSSR count). The lowest BCUT2D eigenvalue weighted by Gasteiger charge is -2.20. The first-order chi connectivity index (χ1) is 13.1. The molecule has 0 saturated heterocycles. The predicted molar refractivity (Wildman–Crippen MR) is 109 cm³/mol. The summed E-state index contributed by atoms with van der Waals surface area (Å²) in [5.41, 5.74) is 9.26. The van der Waals surface area contributed by atoms with Crippen molar-refractivity contribution in [1.82, 2.24) is 0 Å². The number of esters is 1. The highest BCUT2D eigenvalue weighted by atomic mass is 16.6. The fraction of sp³-hybridized carbons (Fsp3) is 0.300. The Morgan fingerprint density at radius 2 is 1.75 bits per heavy atom. The molecule has 2 N–H and O–H groups in total. The number of ether oxygens (including phenoxy) is 1. The Labute approximate surface area is 164 Å². The summed E-state index contributed by atoms with van der Waals surface area (Å²) >= 11 is 0. The van der Waals surface area contributed by atoms with E-state index in [-0.39, 0.29) is 24.0 Å². The largest absolute Gasteiger partial charge is 0.468 e. The number of carbonyl (C=O) groups is 2. The summed E-state index contributed by atoms with van der Waals surface area (Å²) in [7, 11) is 3.21. The van der Waals surface area contributed by atoms with Crippen molar-refractivity contribution in [2.45, 2.75) is 20.8 Å². The Morgan fingerprint density at radius 3 is 2.29 bits per heavy atom. The molecule has 0 radical (unpaired) electrons. The molecule has 150 valence electrons. The average Bonchev–Trinajstić information content (AvgIpc) is 2.63. The van der Waals surface area contributed by atoms with E-state index in [1.165, 1.54) is 26.2 Å². The number of nitrogens with zero attached hydrogens (tertiary/aromatic N) is 2. The minimum Gasteiger partial charge on any atom is -0.468 e. The van der Waals surface area contributed by atoms with Gasteiger partial charge in [0.1, 0.15) is 6.54 Å². The van der Waals surface area contributed by atoms with Crippen molar-refractivity contribution in [3.05, 3.63) is 63.2 Å². The summed E-state index contributed by atoms with van der Waals surface area (Å²) in [6, 6.07) is 10.1. The van der Waals surface area contributed by atoms with Crippen LogP contribution in [0.25, 0.3) is 0 Å². The highest BCUT2D eigenvalue weighted by Gasteiger charge is 2.15. The van der Waals surface area contributed by atoms with Crippen molar-refractivity contribution < 1.29 is 19.2 Å². The number of likely N-dealkylation sites (N-methyl/N-ethyl adjacent to an activating group) is 1. The number of nitro groups is 1. The van der Waals surface area contributed by atoms with Gasteiger partial charge < -0.3 is 15.4 Å². The number of ketones is 1. The number of hydrogen-bond acceptors (Lipinski definition) is 7. The number of nitrogens with two attached hydrogens (primary N) is 1. The van der Waals surface area contributed by atoms with Gasteiger partial charge in [0.2, 0.25) is 0 Å². The van der Waals surface area contributed by atoms with E-state index in [1.807, 2.05) is 37.1 Å². The Balaban J connectivity index is 0.000000283. The monoisotopic (exact) mass is 387 g/mol. The topological polar surface area (TPSA) is 116 Å². The van der Waals surface area contributed by atoms with E-state index in [2.05, 4.69) is 4.74 Å². The number of rotatable bonds is 5.